The molecule has 126 valence electrons. The fraction of sp³-hybridized carbons (Fsp3) is 0.0556. The lowest BCUT2D eigenvalue weighted by molar-refractivity contribution is -0.114. The van der Waals surface area contributed by atoms with Gasteiger partial charge in [-0.3, -0.25) is 14.4 Å². The Bertz CT molecular complexity index is 893. The third kappa shape index (κ3) is 3.61. The highest BCUT2D eigenvalue weighted by Crippen LogP contribution is 2.36. The Morgan fingerprint density at radius 2 is 1.80 bits per heavy atom. The molecule has 2 aromatic carbocycles. The van der Waals surface area contributed by atoms with Crippen molar-refractivity contribution in [1.29, 1.82) is 0 Å². The Morgan fingerprint density at radius 3 is 2.44 bits per heavy atom. The molecule has 0 aromatic heterocycles. The predicted octanol–water partition coefficient (Wildman–Crippen LogP) is 4.03. The highest BCUT2D eigenvalue weighted by molar-refractivity contribution is 8.19. The van der Waals surface area contributed by atoms with Gasteiger partial charge in [0.1, 0.15) is 5.82 Å². The van der Waals surface area contributed by atoms with Crippen LogP contribution in [0.4, 0.5) is 20.6 Å². The fourth-order valence-electron chi connectivity index (χ4n) is 2.32. The monoisotopic (exact) mass is 356 g/mol. The number of rotatable bonds is 3. The van der Waals surface area contributed by atoms with E-state index in [2.05, 4.69) is 5.32 Å². The van der Waals surface area contributed by atoms with E-state index in [1.807, 2.05) is 0 Å². The zero-order valence-electron chi connectivity index (χ0n) is 13.2. The molecular weight excluding hydrogens is 343 g/mol. The standard InChI is InChI=1S/C18H13FN2O3S/c1-11(22)20-13-6-8-14(9-7-13)21-17(23)16(25-18(21)24)10-12-4-2-3-5-15(12)19/h2-10H,1H3,(H,20,22)/b16-10-. The number of hydrogen-bond acceptors (Lipinski definition) is 4. The molecule has 0 aliphatic carbocycles. The van der Waals surface area contributed by atoms with Gasteiger partial charge in [0.2, 0.25) is 5.91 Å². The third-order valence-electron chi connectivity index (χ3n) is 3.43. The lowest BCUT2D eigenvalue weighted by atomic mass is 10.2. The van der Waals surface area contributed by atoms with Gasteiger partial charge in [0.25, 0.3) is 11.1 Å². The van der Waals surface area contributed by atoms with E-state index in [4.69, 9.17) is 0 Å². The minimum Gasteiger partial charge on any atom is -0.326 e. The summed E-state index contributed by atoms with van der Waals surface area (Å²) in [5.74, 6) is -1.19. The molecule has 0 bridgehead atoms. The highest BCUT2D eigenvalue weighted by Gasteiger charge is 2.36. The van der Waals surface area contributed by atoms with E-state index in [0.717, 1.165) is 16.7 Å². The number of anilines is 2. The van der Waals surface area contributed by atoms with E-state index in [9.17, 15) is 18.8 Å². The zero-order chi connectivity index (χ0) is 18.0. The van der Waals surface area contributed by atoms with Crippen LogP contribution in [0.2, 0.25) is 0 Å². The number of amides is 3. The Hall–Kier alpha value is -2.93. The number of nitrogens with one attached hydrogen (secondary N) is 1. The second-order valence-electron chi connectivity index (χ2n) is 5.27. The Morgan fingerprint density at radius 1 is 1.12 bits per heavy atom. The van der Waals surface area contributed by atoms with Crippen molar-refractivity contribution >= 4 is 46.3 Å². The summed E-state index contributed by atoms with van der Waals surface area (Å²) in [6.07, 6.45) is 1.37. The average molecular weight is 356 g/mol. The van der Waals surface area contributed by atoms with Crippen LogP contribution in [0.15, 0.2) is 53.4 Å². The van der Waals surface area contributed by atoms with E-state index in [1.54, 1.807) is 36.4 Å². The molecule has 1 N–H and O–H groups in total. The minimum atomic E-state index is -0.509. The van der Waals surface area contributed by atoms with Crippen LogP contribution in [0.3, 0.4) is 0 Å². The molecule has 1 heterocycles. The number of benzene rings is 2. The molecule has 0 unspecified atom stereocenters. The molecule has 25 heavy (non-hydrogen) atoms. The smallest absolute Gasteiger partial charge is 0.298 e. The second kappa shape index (κ2) is 6.90. The van der Waals surface area contributed by atoms with Gasteiger partial charge in [-0.05, 0) is 48.2 Å². The minimum absolute atomic E-state index is 0.154. The number of thioether (sulfide) groups is 1. The first-order valence-corrected chi connectivity index (χ1v) is 8.17. The molecule has 1 saturated heterocycles. The maximum absolute atomic E-state index is 13.7. The average Bonchev–Trinajstić information content (AvgIpc) is 2.84. The van der Waals surface area contributed by atoms with Gasteiger partial charge in [0.05, 0.1) is 10.6 Å². The first kappa shape index (κ1) is 16.9. The van der Waals surface area contributed by atoms with E-state index >= 15 is 0 Å². The van der Waals surface area contributed by atoms with E-state index in [1.165, 1.54) is 25.1 Å². The summed E-state index contributed by atoms with van der Waals surface area (Å²) in [5.41, 5.74) is 1.19. The van der Waals surface area contributed by atoms with Crippen LogP contribution in [0, 0.1) is 5.82 Å². The molecule has 0 saturated carbocycles. The van der Waals surface area contributed by atoms with Crippen molar-refractivity contribution in [1.82, 2.24) is 0 Å². The summed E-state index contributed by atoms with van der Waals surface area (Å²) < 4.78 is 13.7. The molecule has 1 aliphatic heterocycles. The van der Waals surface area contributed by atoms with Crippen LogP contribution in [-0.2, 0) is 9.59 Å². The van der Waals surface area contributed by atoms with E-state index < -0.39 is 17.0 Å². The lowest BCUT2D eigenvalue weighted by Gasteiger charge is -2.13. The van der Waals surface area contributed by atoms with Gasteiger partial charge in [0.15, 0.2) is 0 Å². The molecule has 2 aromatic rings. The molecule has 1 fully saturated rings. The Kier molecular flexibility index (Phi) is 4.67. The quantitative estimate of drug-likeness (QED) is 0.844. The summed E-state index contributed by atoms with van der Waals surface area (Å²) in [6, 6.07) is 12.3. The van der Waals surface area contributed by atoms with Gasteiger partial charge >= 0.3 is 0 Å². The first-order valence-electron chi connectivity index (χ1n) is 7.36. The molecule has 0 atom stereocenters. The topological polar surface area (TPSA) is 66.5 Å². The zero-order valence-corrected chi connectivity index (χ0v) is 14.0. The van der Waals surface area contributed by atoms with Crippen LogP contribution >= 0.6 is 11.8 Å². The number of carbonyl (C=O) groups excluding carboxylic acids is 3. The maximum Gasteiger partial charge on any atom is 0.298 e. The fourth-order valence-corrected chi connectivity index (χ4v) is 3.15. The van der Waals surface area contributed by atoms with E-state index in [0.29, 0.717) is 11.4 Å². The van der Waals surface area contributed by atoms with Crippen molar-refractivity contribution < 1.29 is 18.8 Å². The summed E-state index contributed by atoms with van der Waals surface area (Å²) in [4.78, 5) is 36.9. The van der Waals surface area contributed by atoms with Crippen LogP contribution in [0.25, 0.3) is 6.08 Å². The van der Waals surface area contributed by atoms with Crippen LogP contribution in [0.1, 0.15) is 12.5 Å². The third-order valence-corrected chi connectivity index (χ3v) is 4.30. The number of nitrogens with zero attached hydrogens (tertiary/aromatic N) is 1. The van der Waals surface area contributed by atoms with Crippen LogP contribution in [0.5, 0.6) is 0 Å². The normalized spacial score (nSPS) is 15.8. The van der Waals surface area contributed by atoms with Crippen molar-refractivity contribution in [3.8, 4) is 0 Å². The maximum atomic E-state index is 13.7. The molecule has 0 radical (unpaired) electrons. The van der Waals surface area contributed by atoms with Gasteiger partial charge in [0, 0.05) is 18.2 Å². The van der Waals surface area contributed by atoms with Crippen LogP contribution in [-0.4, -0.2) is 17.1 Å². The Balaban J connectivity index is 1.87. The number of halogens is 1. The summed E-state index contributed by atoms with van der Waals surface area (Å²) >= 11 is 0.757. The van der Waals surface area contributed by atoms with Gasteiger partial charge in [-0.1, -0.05) is 18.2 Å². The second-order valence-corrected chi connectivity index (χ2v) is 6.26. The molecule has 5 nitrogen and oxygen atoms in total. The lowest BCUT2D eigenvalue weighted by Crippen LogP contribution is -2.27. The SMILES string of the molecule is CC(=O)Nc1ccc(N2C(=O)S/C(=C\c3ccccc3F)C2=O)cc1. The van der Waals surface area contributed by atoms with Gasteiger partial charge in [-0.2, -0.15) is 0 Å². The number of imide groups is 1. The molecule has 3 rings (SSSR count). The van der Waals surface area contributed by atoms with Gasteiger partial charge in [-0.15, -0.1) is 0 Å². The van der Waals surface area contributed by atoms with Crippen molar-refractivity contribution in [2.45, 2.75) is 6.92 Å². The molecule has 7 heteroatoms. The Labute approximate surface area is 147 Å². The molecule has 0 spiro atoms. The summed E-state index contributed by atoms with van der Waals surface area (Å²) in [7, 11) is 0. The summed E-state index contributed by atoms with van der Waals surface area (Å²) in [5, 5.41) is 2.15. The summed E-state index contributed by atoms with van der Waals surface area (Å²) in [6.45, 7) is 1.39. The number of carbonyl (C=O) groups is 3. The highest BCUT2D eigenvalue weighted by atomic mass is 32.2. The largest absolute Gasteiger partial charge is 0.326 e. The molecule has 3 amide bonds. The van der Waals surface area contributed by atoms with Crippen molar-refractivity contribution in [3.05, 3.63) is 64.8 Å². The number of hydrogen-bond donors (Lipinski definition) is 1. The molecule has 1 aliphatic rings. The van der Waals surface area contributed by atoms with Crippen molar-refractivity contribution in [2.24, 2.45) is 0 Å². The van der Waals surface area contributed by atoms with Gasteiger partial charge in [-0.25, -0.2) is 9.29 Å². The van der Waals surface area contributed by atoms with E-state index in [-0.39, 0.29) is 16.4 Å². The van der Waals surface area contributed by atoms with Crippen molar-refractivity contribution in [3.63, 3.8) is 0 Å². The van der Waals surface area contributed by atoms with Crippen LogP contribution < -0.4 is 10.2 Å². The predicted molar refractivity (Wildman–Crippen MR) is 95.6 cm³/mol. The molecular formula is C18H13FN2O3S. The first-order chi connectivity index (χ1) is 12.0. The van der Waals surface area contributed by atoms with Crippen molar-refractivity contribution in [2.75, 3.05) is 10.2 Å². The van der Waals surface area contributed by atoms with Gasteiger partial charge < -0.3 is 5.32 Å².